The predicted octanol–water partition coefficient (Wildman–Crippen LogP) is 3.39. The van der Waals surface area contributed by atoms with Crippen molar-refractivity contribution < 1.29 is 19.4 Å². The molecule has 4 nitrogen and oxygen atoms in total. The molecule has 0 saturated carbocycles. The summed E-state index contributed by atoms with van der Waals surface area (Å²) in [5.41, 5.74) is 0.971. The maximum absolute atomic E-state index is 12.4. The molecule has 0 saturated heterocycles. The standard InChI is InChI=1S/C15H11BrO4/c1-20-13-7-6-11(16)8-12(13)14(17)9-2-4-10(5-3-9)15(18)19/h2-8H,1H3,(H,18,19). The third kappa shape index (κ3) is 2.88. The molecule has 0 atom stereocenters. The van der Waals surface area contributed by atoms with E-state index >= 15 is 0 Å². The van der Waals surface area contributed by atoms with Gasteiger partial charge in [0.15, 0.2) is 5.78 Å². The number of ketones is 1. The summed E-state index contributed by atoms with van der Waals surface area (Å²) in [6.07, 6.45) is 0. The van der Waals surface area contributed by atoms with Crippen LogP contribution in [-0.4, -0.2) is 24.0 Å². The Morgan fingerprint density at radius 1 is 1.05 bits per heavy atom. The first kappa shape index (κ1) is 14.3. The molecule has 0 unspecified atom stereocenters. The largest absolute Gasteiger partial charge is 0.496 e. The van der Waals surface area contributed by atoms with Gasteiger partial charge in [0.25, 0.3) is 0 Å². The highest BCUT2D eigenvalue weighted by Gasteiger charge is 2.15. The van der Waals surface area contributed by atoms with E-state index in [0.717, 1.165) is 4.47 Å². The summed E-state index contributed by atoms with van der Waals surface area (Å²) in [5, 5.41) is 8.84. The van der Waals surface area contributed by atoms with E-state index in [-0.39, 0.29) is 11.3 Å². The van der Waals surface area contributed by atoms with Gasteiger partial charge in [0.1, 0.15) is 5.75 Å². The first-order valence-electron chi connectivity index (χ1n) is 5.74. The average molecular weight is 335 g/mol. The van der Waals surface area contributed by atoms with Gasteiger partial charge in [-0.1, -0.05) is 28.1 Å². The van der Waals surface area contributed by atoms with Crippen molar-refractivity contribution in [3.8, 4) is 5.75 Å². The maximum Gasteiger partial charge on any atom is 0.335 e. The topological polar surface area (TPSA) is 63.6 Å². The molecule has 0 bridgehead atoms. The van der Waals surface area contributed by atoms with Crippen molar-refractivity contribution in [2.75, 3.05) is 7.11 Å². The van der Waals surface area contributed by atoms with Gasteiger partial charge < -0.3 is 9.84 Å². The van der Waals surface area contributed by atoms with Crippen molar-refractivity contribution in [2.24, 2.45) is 0 Å². The van der Waals surface area contributed by atoms with Crippen LogP contribution in [-0.2, 0) is 0 Å². The van der Waals surface area contributed by atoms with E-state index in [1.165, 1.54) is 31.4 Å². The fraction of sp³-hybridized carbons (Fsp3) is 0.0667. The second-order valence-electron chi connectivity index (χ2n) is 4.06. The van der Waals surface area contributed by atoms with Crippen LogP contribution in [0.2, 0.25) is 0 Å². The average Bonchev–Trinajstić information content (AvgIpc) is 2.46. The lowest BCUT2D eigenvalue weighted by Crippen LogP contribution is -2.05. The molecule has 0 aliphatic rings. The van der Waals surface area contributed by atoms with E-state index in [1.54, 1.807) is 18.2 Å². The Morgan fingerprint density at radius 2 is 1.65 bits per heavy atom. The molecule has 0 aromatic heterocycles. The van der Waals surface area contributed by atoms with E-state index < -0.39 is 5.97 Å². The van der Waals surface area contributed by atoms with Crippen molar-refractivity contribution in [3.63, 3.8) is 0 Å². The first-order valence-corrected chi connectivity index (χ1v) is 6.54. The van der Waals surface area contributed by atoms with Crippen LogP contribution in [0.4, 0.5) is 0 Å². The quantitative estimate of drug-likeness (QED) is 0.870. The molecular formula is C15H11BrO4. The van der Waals surface area contributed by atoms with E-state index in [9.17, 15) is 9.59 Å². The highest BCUT2D eigenvalue weighted by molar-refractivity contribution is 9.10. The maximum atomic E-state index is 12.4. The zero-order chi connectivity index (χ0) is 14.7. The molecule has 2 aromatic carbocycles. The van der Waals surface area contributed by atoms with Crippen LogP contribution < -0.4 is 4.74 Å². The smallest absolute Gasteiger partial charge is 0.335 e. The van der Waals surface area contributed by atoms with Crippen LogP contribution in [0.1, 0.15) is 26.3 Å². The molecule has 0 amide bonds. The van der Waals surface area contributed by atoms with E-state index in [4.69, 9.17) is 9.84 Å². The number of carbonyl (C=O) groups is 2. The Morgan fingerprint density at radius 3 is 2.20 bits per heavy atom. The van der Waals surface area contributed by atoms with Gasteiger partial charge in [0.2, 0.25) is 0 Å². The number of carboxylic acid groups (broad SMARTS) is 1. The number of aromatic carboxylic acids is 1. The summed E-state index contributed by atoms with van der Waals surface area (Å²) in [7, 11) is 1.49. The number of methoxy groups -OCH3 is 1. The van der Waals surface area contributed by atoms with E-state index in [0.29, 0.717) is 16.9 Å². The molecule has 0 radical (unpaired) electrons. The van der Waals surface area contributed by atoms with Crippen molar-refractivity contribution in [1.82, 2.24) is 0 Å². The SMILES string of the molecule is COc1ccc(Br)cc1C(=O)c1ccc(C(=O)O)cc1. The summed E-state index contributed by atoms with van der Waals surface area (Å²) in [6, 6.07) is 10.9. The lowest BCUT2D eigenvalue weighted by molar-refractivity contribution is 0.0696. The van der Waals surface area contributed by atoms with Crippen molar-refractivity contribution in [2.45, 2.75) is 0 Å². The van der Waals surface area contributed by atoms with Crippen LogP contribution in [0.3, 0.4) is 0 Å². The zero-order valence-electron chi connectivity index (χ0n) is 10.6. The minimum atomic E-state index is -1.02. The lowest BCUT2D eigenvalue weighted by atomic mass is 10.0. The Hall–Kier alpha value is -2.14. The highest BCUT2D eigenvalue weighted by atomic mass is 79.9. The Labute approximate surface area is 124 Å². The molecular weight excluding hydrogens is 324 g/mol. The van der Waals surface area contributed by atoms with Crippen molar-refractivity contribution in [3.05, 3.63) is 63.6 Å². The molecule has 0 spiro atoms. The number of hydrogen-bond donors (Lipinski definition) is 1. The molecule has 5 heteroatoms. The highest BCUT2D eigenvalue weighted by Crippen LogP contribution is 2.25. The predicted molar refractivity (Wildman–Crippen MR) is 77.5 cm³/mol. The van der Waals surface area contributed by atoms with E-state index in [2.05, 4.69) is 15.9 Å². The summed E-state index contributed by atoms with van der Waals surface area (Å²) in [4.78, 5) is 23.2. The van der Waals surface area contributed by atoms with Crippen molar-refractivity contribution in [1.29, 1.82) is 0 Å². The van der Waals surface area contributed by atoms with E-state index in [1.807, 2.05) is 0 Å². The van der Waals surface area contributed by atoms with Gasteiger partial charge in [-0.25, -0.2) is 4.79 Å². The summed E-state index contributed by atoms with van der Waals surface area (Å²) in [5.74, 6) is -0.773. The molecule has 2 rings (SSSR count). The fourth-order valence-electron chi connectivity index (χ4n) is 1.78. The van der Waals surface area contributed by atoms with Crippen LogP contribution in [0, 0.1) is 0 Å². The molecule has 102 valence electrons. The Balaban J connectivity index is 2.40. The van der Waals surface area contributed by atoms with Crippen LogP contribution in [0.25, 0.3) is 0 Å². The molecule has 0 aliphatic carbocycles. The summed E-state index contributed by atoms with van der Waals surface area (Å²) >= 11 is 3.31. The molecule has 0 fully saturated rings. The lowest BCUT2D eigenvalue weighted by Gasteiger charge is -2.08. The van der Waals surface area contributed by atoms with Crippen LogP contribution >= 0.6 is 15.9 Å². The molecule has 2 aromatic rings. The molecule has 0 heterocycles. The summed E-state index contributed by atoms with van der Waals surface area (Å²) < 4.78 is 5.94. The van der Waals surface area contributed by atoms with Gasteiger partial charge in [0.05, 0.1) is 18.2 Å². The molecule has 0 aliphatic heterocycles. The monoisotopic (exact) mass is 334 g/mol. The number of benzene rings is 2. The number of halogens is 1. The third-order valence-corrected chi connectivity index (χ3v) is 3.29. The van der Waals surface area contributed by atoms with Gasteiger partial charge >= 0.3 is 5.97 Å². The third-order valence-electron chi connectivity index (χ3n) is 2.80. The fourth-order valence-corrected chi connectivity index (χ4v) is 2.14. The minimum Gasteiger partial charge on any atom is -0.496 e. The van der Waals surface area contributed by atoms with Gasteiger partial charge in [-0.05, 0) is 30.3 Å². The molecule has 1 N–H and O–H groups in total. The van der Waals surface area contributed by atoms with Crippen LogP contribution in [0.5, 0.6) is 5.75 Å². The van der Waals surface area contributed by atoms with Crippen LogP contribution in [0.15, 0.2) is 46.9 Å². The zero-order valence-corrected chi connectivity index (χ0v) is 12.2. The number of ether oxygens (including phenoxy) is 1. The second-order valence-corrected chi connectivity index (χ2v) is 4.97. The number of carbonyl (C=O) groups excluding carboxylic acids is 1. The summed E-state index contributed by atoms with van der Waals surface area (Å²) in [6.45, 7) is 0. The Bertz CT molecular complexity index is 662. The van der Waals surface area contributed by atoms with Gasteiger partial charge in [-0.3, -0.25) is 4.79 Å². The number of hydrogen-bond acceptors (Lipinski definition) is 3. The normalized spacial score (nSPS) is 10.1. The van der Waals surface area contributed by atoms with Gasteiger partial charge in [-0.15, -0.1) is 0 Å². The number of rotatable bonds is 4. The van der Waals surface area contributed by atoms with Gasteiger partial charge in [0, 0.05) is 10.0 Å². The van der Waals surface area contributed by atoms with Gasteiger partial charge in [-0.2, -0.15) is 0 Å². The number of carboxylic acids is 1. The van der Waals surface area contributed by atoms with Crippen molar-refractivity contribution >= 4 is 27.7 Å². The minimum absolute atomic E-state index is 0.141. The Kier molecular flexibility index (Phi) is 4.20. The first-order chi connectivity index (χ1) is 9.52. The molecule has 20 heavy (non-hydrogen) atoms. The second kappa shape index (κ2) is 5.88.